The molecule has 1 aromatic rings. The van der Waals surface area contributed by atoms with Gasteiger partial charge in [-0.2, -0.15) is 0 Å². The Balaban J connectivity index is 0.00000180. The van der Waals surface area contributed by atoms with E-state index >= 15 is 0 Å². The molecule has 1 aliphatic rings. The molecule has 0 spiro atoms. The van der Waals surface area contributed by atoms with Crippen LogP contribution in [-0.4, -0.2) is 34.9 Å². The van der Waals surface area contributed by atoms with Crippen LogP contribution in [0.2, 0.25) is 0 Å². The lowest BCUT2D eigenvalue weighted by atomic mass is 10.1. The van der Waals surface area contributed by atoms with Crippen molar-refractivity contribution in [1.29, 1.82) is 0 Å². The van der Waals surface area contributed by atoms with Crippen LogP contribution in [0.4, 0.5) is 5.69 Å². The van der Waals surface area contributed by atoms with Gasteiger partial charge in [0.25, 0.3) is 11.6 Å². The summed E-state index contributed by atoms with van der Waals surface area (Å²) in [6.45, 7) is 2.78. The first-order valence-electron chi connectivity index (χ1n) is 5.79. The van der Waals surface area contributed by atoms with Crippen molar-refractivity contribution in [1.82, 2.24) is 4.90 Å². The van der Waals surface area contributed by atoms with Crippen LogP contribution < -0.4 is 5.73 Å². The second-order valence-electron chi connectivity index (χ2n) is 4.56. The summed E-state index contributed by atoms with van der Waals surface area (Å²) < 4.78 is 0. The summed E-state index contributed by atoms with van der Waals surface area (Å²) in [5.74, 6) is -0.189. The van der Waals surface area contributed by atoms with Gasteiger partial charge in [0, 0.05) is 36.3 Å². The number of hydrogen-bond acceptors (Lipinski definition) is 4. The van der Waals surface area contributed by atoms with Crippen LogP contribution in [0.15, 0.2) is 18.2 Å². The van der Waals surface area contributed by atoms with Crippen molar-refractivity contribution in [3.8, 4) is 0 Å². The molecule has 2 N–H and O–H groups in total. The summed E-state index contributed by atoms with van der Waals surface area (Å²) >= 11 is 0. The van der Waals surface area contributed by atoms with E-state index < -0.39 is 4.92 Å². The molecule has 1 aromatic carbocycles. The van der Waals surface area contributed by atoms with E-state index in [1.165, 1.54) is 6.07 Å². The van der Waals surface area contributed by atoms with Gasteiger partial charge in [0.1, 0.15) is 0 Å². The first-order chi connectivity index (χ1) is 8.49. The monoisotopic (exact) mass is 285 g/mol. The van der Waals surface area contributed by atoms with Crippen molar-refractivity contribution < 1.29 is 9.72 Å². The number of nitro benzene ring substituents is 1. The van der Waals surface area contributed by atoms with E-state index in [4.69, 9.17) is 5.73 Å². The third-order valence-electron chi connectivity index (χ3n) is 3.16. The zero-order chi connectivity index (χ0) is 13.3. The first-order valence-corrected chi connectivity index (χ1v) is 5.79. The number of nitrogens with two attached hydrogens (primary N) is 1. The Hall–Kier alpha value is -1.66. The molecule has 1 atom stereocenters. The minimum Gasteiger partial charge on any atom is -0.337 e. The van der Waals surface area contributed by atoms with Crippen molar-refractivity contribution in [2.24, 2.45) is 5.73 Å². The van der Waals surface area contributed by atoms with Gasteiger partial charge in [-0.15, -0.1) is 12.4 Å². The molecule has 1 aliphatic heterocycles. The summed E-state index contributed by atoms with van der Waals surface area (Å²) in [6, 6.07) is 4.56. The quantitative estimate of drug-likeness (QED) is 0.658. The van der Waals surface area contributed by atoms with Crippen LogP contribution in [0.1, 0.15) is 22.3 Å². The van der Waals surface area contributed by atoms with Crippen LogP contribution in [0.3, 0.4) is 0 Å². The van der Waals surface area contributed by atoms with Crippen LogP contribution >= 0.6 is 12.4 Å². The lowest BCUT2D eigenvalue weighted by molar-refractivity contribution is -0.385. The molecule has 0 radical (unpaired) electrons. The fourth-order valence-electron chi connectivity index (χ4n) is 2.09. The lowest BCUT2D eigenvalue weighted by Gasteiger charge is -2.15. The number of rotatable bonds is 2. The molecule has 19 heavy (non-hydrogen) atoms. The molecular weight excluding hydrogens is 270 g/mol. The molecule has 6 nitrogen and oxygen atoms in total. The number of carbonyl (C=O) groups is 1. The topological polar surface area (TPSA) is 89.5 Å². The number of halogens is 1. The van der Waals surface area contributed by atoms with Crippen molar-refractivity contribution in [2.75, 3.05) is 13.1 Å². The Morgan fingerprint density at radius 2 is 2.21 bits per heavy atom. The standard InChI is InChI=1S/C12H15N3O3.ClH/c1-8-2-3-9(6-11(8)15(17)18)12(16)14-5-4-10(13)7-14;/h2-3,6,10H,4-5,7,13H2,1H3;1H. The average Bonchev–Trinajstić information content (AvgIpc) is 2.75. The van der Waals surface area contributed by atoms with Crippen LogP contribution in [0.5, 0.6) is 0 Å². The number of nitro groups is 1. The molecule has 0 aliphatic carbocycles. The van der Waals surface area contributed by atoms with E-state index in [0.29, 0.717) is 24.2 Å². The predicted octanol–water partition coefficient (Wildman–Crippen LogP) is 1.50. The number of hydrogen-bond donors (Lipinski definition) is 1. The number of aryl methyl sites for hydroxylation is 1. The highest BCUT2D eigenvalue weighted by molar-refractivity contribution is 5.95. The molecule has 104 valence electrons. The van der Waals surface area contributed by atoms with Crippen LogP contribution in [0, 0.1) is 17.0 Å². The number of carbonyl (C=O) groups excluding carboxylic acids is 1. The van der Waals surface area contributed by atoms with Crippen LogP contribution in [0.25, 0.3) is 0 Å². The van der Waals surface area contributed by atoms with Gasteiger partial charge in [-0.1, -0.05) is 6.07 Å². The zero-order valence-corrected chi connectivity index (χ0v) is 11.4. The average molecular weight is 286 g/mol. The summed E-state index contributed by atoms with van der Waals surface area (Å²) in [4.78, 5) is 24.1. The summed E-state index contributed by atoms with van der Waals surface area (Å²) in [7, 11) is 0. The normalized spacial score (nSPS) is 18.0. The number of nitrogens with zero attached hydrogens (tertiary/aromatic N) is 2. The number of amides is 1. The van der Waals surface area contributed by atoms with Crippen molar-refractivity contribution in [2.45, 2.75) is 19.4 Å². The van der Waals surface area contributed by atoms with Gasteiger partial charge in [0.05, 0.1) is 4.92 Å². The molecule has 0 bridgehead atoms. The van der Waals surface area contributed by atoms with Gasteiger partial charge in [0.15, 0.2) is 0 Å². The summed E-state index contributed by atoms with van der Waals surface area (Å²) in [6.07, 6.45) is 0.777. The van der Waals surface area contributed by atoms with E-state index in [1.807, 2.05) is 0 Å². The van der Waals surface area contributed by atoms with E-state index in [1.54, 1.807) is 24.0 Å². The molecule has 2 rings (SSSR count). The molecule has 1 saturated heterocycles. The molecule has 0 saturated carbocycles. The van der Waals surface area contributed by atoms with Gasteiger partial charge in [-0.25, -0.2) is 0 Å². The van der Waals surface area contributed by atoms with Crippen LogP contribution in [-0.2, 0) is 0 Å². The van der Waals surface area contributed by atoms with Crippen molar-refractivity contribution >= 4 is 24.0 Å². The molecule has 1 amide bonds. The van der Waals surface area contributed by atoms with E-state index in [9.17, 15) is 14.9 Å². The number of likely N-dealkylation sites (tertiary alicyclic amines) is 1. The maximum Gasteiger partial charge on any atom is 0.273 e. The Morgan fingerprint density at radius 1 is 1.53 bits per heavy atom. The molecule has 1 heterocycles. The zero-order valence-electron chi connectivity index (χ0n) is 10.5. The highest BCUT2D eigenvalue weighted by Crippen LogP contribution is 2.21. The lowest BCUT2D eigenvalue weighted by Crippen LogP contribution is -2.31. The largest absolute Gasteiger partial charge is 0.337 e. The van der Waals surface area contributed by atoms with Crippen molar-refractivity contribution in [3.05, 3.63) is 39.4 Å². The van der Waals surface area contributed by atoms with Gasteiger partial charge in [-0.05, 0) is 19.4 Å². The Labute approximate surface area is 117 Å². The highest BCUT2D eigenvalue weighted by Gasteiger charge is 2.25. The minimum atomic E-state index is -0.470. The Kier molecular flexibility index (Phi) is 4.85. The maximum absolute atomic E-state index is 12.1. The number of benzene rings is 1. The maximum atomic E-state index is 12.1. The van der Waals surface area contributed by atoms with E-state index in [2.05, 4.69) is 0 Å². The molecule has 0 aromatic heterocycles. The third-order valence-corrected chi connectivity index (χ3v) is 3.16. The molecule has 1 fully saturated rings. The Bertz CT molecular complexity index is 507. The second-order valence-corrected chi connectivity index (χ2v) is 4.56. The first kappa shape index (κ1) is 15.4. The van der Waals surface area contributed by atoms with Gasteiger partial charge in [0.2, 0.25) is 0 Å². The van der Waals surface area contributed by atoms with Crippen molar-refractivity contribution in [3.63, 3.8) is 0 Å². The second kappa shape index (κ2) is 5.99. The summed E-state index contributed by atoms with van der Waals surface area (Å²) in [5, 5.41) is 10.8. The third kappa shape index (κ3) is 3.21. The van der Waals surface area contributed by atoms with Gasteiger partial charge >= 0.3 is 0 Å². The molecular formula is C12H16ClN3O3. The molecule has 7 heteroatoms. The summed E-state index contributed by atoms with van der Waals surface area (Å²) in [5.41, 5.74) is 6.62. The SMILES string of the molecule is Cc1ccc(C(=O)N2CCC(N)C2)cc1[N+](=O)[O-].Cl. The van der Waals surface area contributed by atoms with Gasteiger partial charge < -0.3 is 10.6 Å². The minimum absolute atomic E-state index is 0. The van der Waals surface area contributed by atoms with Gasteiger partial charge in [-0.3, -0.25) is 14.9 Å². The van der Waals surface area contributed by atoms with E-state index in [-0.39, 0.29) is 30.0 Å². The Morgan fingerprint density at radius 3 is 2.74 bits per heavy atom. The fraction of sp³-hybridized carbons (Fsp3) is 0.417. The van der Waals surface area contributed by atoms with E-state index in [0.717, 1.165) is 6.42 Å². The molecule has 1 unspecified atom stereocenters. The highest BCUT2D eigenvalue weighted by atomic mass is 35.5. The fourth-order valence-corrected chi connectivity index (χ4v) is 2.09. The predicted molar refractivity (Wildman–Crippen MR) is 73.6 cm³/mol. The smallest absolute Gasteiger partial charge is 0.273 e.